The van der Waals surface area contributed by atoms with Crippen LogP contribution in [0.2, 0.25) is 15.1 Å². The molecule has 0 spiro atoms. The van der Waals surface area contributed by atoms with Gasteiger partial charge in [-0.15, -0.1) is 0 Å². The summed E-state index contributed by atoms with van der Waals surface area (Å²) >= 11 is 18.5. The minimum Gasteiger partial charge on any atom is -0.352 e. The Hall–Kier alpha value is -3.56. The van der Waals surface area contributed by atoms with Crippen molar-refractivity contribution in [3.63, 3.8) is 0 Å². The topological polar surface area (TPSA) is 86.8 Å². The minimum absolute atomic E-state index is 0.0263. The highest BCUT2D eigenvalue weighted by atomic mass is 35.5. The quantitative estimate of drug-likeness (QED) is 0.169. The van der Waals surface area contributed by atoms with Crippen molar-refractivity contribution < 1.29 is 18.0 Å². The summed E-state index contributed by atoms with van der Waals surface area (Å²) in [5.41, 5.74) is 2.67. The SMILES string of the molecule is Cc1ccc(N(CC(=O)N(Cc2ccc(Cl)c(Cl)c2)C(Cc2ccccc2)C(=O)NC(C)C)S(=O)(=O)c2ccc(Cl)cc2)cc1. The molecule has 2 amide bonds. The van der Waals surface area contributed by atoms with Gasteiger partial charge in [0.1, 0.15) is 12.6 Å². The lowest BCUT2D eigenvalue weighted by atomic mass is 10.0. The molecule has 1 unspecified atom stereocenters. The third-order valence-electron chi connectivity index (χ3n) is 7.04. The molecular formula is C34H34Cl3N3O4S. The van der Waals surface area contributed by atoms with E-state index < -0.39 is 28.5 Å². The molecule has 0 bridgehead atoms. The second-order valence-corrected chi connectivity index (χ2v) is 14.1. The molecule has 0 saturated carbocycles. The molecule has 0 aromatic heterocycles. The van der Waals surface area contributed by atoms with Gasteiger partial charge in [-0.1, -0.05) is 88.9 Å². The summed E-state index contributed by atoms with van der Waals surface area (Å²) in [5, 5.41) is 3.94. The molecule has 11 heteroatoms. The fourth-order valence-electron chi connectivity index (χ4n) is 4.74. The molecule has 236 valence electrons. The lowest BCUT2D eigenvalue weighted by molar-refractivity contribution is -0.140. The van der Waals surface area contributed by atoms with E-state index >= 15 is 0 Å². The van der Waals surface area contributed by atoms with Gasteiger partial charge >= 0.3 is 0 Å². The summed E-state index contributed by atoms with van der Waals surface area (Å²) in [4.78, 5) is 29.6. The van der Waals surface area contributed by atoms with Gasteiger partial charge in [0, 0.05) is 24.0 Å². The number of rotatable bonds is 12. The number of anilines is 1. The third-order valence-corrected chi connectivity index (χ3v) is 9.82. The molecule has 4 aromatic carbocycles. The fourth-order valence-corrected chi connectivity index (χ4v) is 6.60. The average molecular weight is 687 g/mol. The number of amides is 2. The van der Waals surface area contributed by atoms with Gasteiger partial charge in [0.25, 0.3) is 10.0 Å². The number of nitrogens with one attached hydrogen (secondary N) is 1. The van der Waals surface area contributed by atoms with Crippen LogP contribution in [0.1, 0.15) is 30.5 Å². The molecular weight excluding hydrogens is 653 g/mol. The molecule has 4 rings (SSSR count). The van der Waals surface area contributed by atoms with Crippen LogP contribution in [-0.2, 0) is 32.6 Å². The number of halogens is 3. The van der Waals surface area contributed by atoms with Crippen molar-refractivity contribution >= 4 is 62.3 Å². The zero-order chi connectivity index (χ0) is 32.7. The van der Waals surface area contributed by atoms with Crippen LogP contribution in [0.25, 0.3) is 0 Å². The summed E-state index contributed by atoms with van der Waals surface area (Å²) in [6, 6.07) is 25.7. The van der Waals surface area contributed by atoms with Crippen LogP contribution in [-0.4, -0.2) is 43.8 Å². The first-order chi connectivity index (χ1) is 21.3. The molecule has 0 aliphatic heterocycles. The minimum atomic E-state index is -4.23. The van der Waals surface area contributed by atoms with Crippen molar-refractivity contribution in [1.29, 1.82) is 0 Å². The average Bonchev–Trinajstić information content (AvgIpc) is 3.00. The van der Waals surface area contributed by atoms with Gasteiger partial charge in [-0.25, -0.2) is 8.42 Å². The Morgan fingerprint density at radius 2 is 1.44 bits per heavy atom. The molecule has 4 aromatic rings. The van der Waals surface area contributed by atoms with Gasteiger partial charge in [0.15, 0.2) is 0 Å². The van der Waals surface area contributed by atoms with Crippen molar-refractivity contribution in [3.8, 4) is 0 Å². The number of nitrogens with zero attached hydrogens (tertiary/aromatic N) is 2. The number of carbonyl (C=O) groups is 2. The molecule has 1 N–H and O–H groups in total. The van der Waals surface area contributed by atoms with Gasteiger partial charge in [0.05, 0.1) is 20.6 Å². The van der Waals surface area contributed by atoms with Crippen LogP contribution in [0.3, 0.4) is 0 Å². The first-order valence-electron chi connectivity index (χ1n) is 14.3. The van der Waals surface area contributed by atoms with Gasteiger partial charge in [-0.2, -0.15) is 0 Å². The Morgan fingerprint density at radius 1 is 0.800 bits per heavy atom. The van der Waals surface area contributed by atoms with Gasteiger partial charge in [0.2, 0.25) is 11.8 Å². The molecule has 0 heterocycles. The number of carbonyl (C=O) groups excluding carboxylic acids is 2. The highest BCUT2D eigenvalue weighted by Gasteiger charge is 2.35. The third kappa shape index (κ3) is 9.01. The van der Waals surface area contributed by atoms with Crippen molar-refractivity contribution in [1.82, 2.24) is 10.2 Å². The highest BCUT2D eigenvalue weighted by Crippen LogP contribution is 2.28. The first kappa shape index (κ1) is 34.3. The number of benzene rings is 4. The monoisotopic (exact) mass is 685 g/mol. The fraction of sp³-hybridized carbons (Fsp3) is 0.235. The number of hydrogen-bond acceptors (Lipinski definition) is 4. The molecule has 0 fully saturated rings. The van der Waals surface area contributed by atoms with Gasteiger partial charge in [-0.05, 0) is 80.4 Å². The largest absolute Gasteiger partial charge is 0.352 e. The zero-order valence-electron chi connectivity index (χ0n) is 25.1. The van der Waals surface area contributed by atoms with Crippen molar-refractivity contribution in [2.75, 3.05) is 10.8 Å². The second kappa shape index (κ2) is 15.1. The second-order valence-electron chi connectivity index (χ2n) is 10.9. The van der Waals surface area contributed by atoms with Crippen LogP contribution >= 0.6 is 34.8 Å². The van der Waals surface area contributed by atoms with Crippen molar-refractivity contribution in [2.45, 2.75) is 50.7 Å². The van der Waals surface area contributed by atoms with E-state index in [2.05, 4.69) is 5.32 Å². The van der Waals surface area contributed by atoms with Crippen LogP contribution in [0.4, 0.5) is 5.69 Å². The zero-order valence-corrected chi connectivity index (χ0v) is 28.2. The Labute approximate surface area is 279 Å². The van der Waals surface area contributed by atoms with Gasteiger partial charge in [-0.3, -0.25) is 13.9 Å². The predicted octanol–water partition coefficient (Wildman–Crippen LogP) is 7.32. The first-order valence-corrected chi connectivity index (χ1v) is 16.8. The molecule has 0 radical (unpaired) electrons. The Kier molecular flexibility index (Phi) is 11.6. The molecule has 45 heavy (non-hydrogen) atoms. The predicted molar refractivity (Wildman–Crippen MR) is 181 cm³/mol. The lowest BCUT2D eigenvalue weighted by Gasteiger charge is -2.34. The van der Waals surface area contributed by atoms with Crippen molar-refractivity contribution in [3.05, 3.63) is 129 Å². The summed E-state index contributed by atoms with van der Waals surface area (Å²) in [5.74, 6) is -0.955. The molecule has 0 saturated heterocycles. The van der Waals surface area contributed by atoms with Gasteiger partial charge < -0.3 is 10.2 Å². The number of aryl methyl sites for hydroxylation is 1. The molecule has 1 atom stereocenters. The van der Waals surface area contributed by atoms with Crippen LogP contribution in [0, 0.1) is 6.92 Å². The molecule has 7 nitrogen and oxygen atoms in total. The standard InChI is InChI=1S/C34H34Cl3N3O4S/c1-23(2)38-34(42)32(20-25-7-5-4-6-8-25)39(21-26-11-18-30(36)31(37)19-26)33(41)22-40(28-14-9-24(3)10-15-28)45(43,44)29-16-12-27(35)13-17-29/h4-19,23,32H,20-22H2,1-3H3,(H,38,42). The van der Waals surface area contributed by atoms with E-state index in [0.29, 0.717) is 26.3 Å². The number of sulfonamides is 1. The maximum atomic E-state index is 14.5. The maximum absolute atomic E-state index is 14.5. The van der Waals surface area contributed by atoms with E-state index in [-0.39, 0.29) is 29.8 Å². The Morgan fingerprint density at radius 3 is 2.04 bits per heavy atom. The maximum Gasteiger partial charge on any atom is 0.264 e. The normalized spacial score (nSPS) is 12.1. The Balaban J connectivity index is 1.81. The van der Waals surface area contributed by atoms with E-state index in [1.54, 1.807) is 42.5 Å². The summed E-state index contributed by atoms with van der Waals surface area (Å²) in [6.45, 7) is 4.95. The summed E-state index contributed by atoms with van der Waals surface area (Å²) in [6.07, 6.45) is 0.195. The van der Waals surface area contributed by atoms with E-state index in [1.807, 2.05) is 51.1 Å². The lowest BCUT2D eigenvalue weighted by Crippen LogP contribution is -2.54. The van der Waals surface area contributed by atoms with E-state index in [1.165, 1.54) is 29.2 Å². The summed E-state index contributed by atoms with van der Waals surface area (Å²) < 4.78 is 29.2. The van der Waals surface area contributed by atoms with E-state index in [0.717, 1.165) is 15.4 Å². The van der Waals surface area contributed by atoms with Crippen LogP contribution in [0.5, 0.6) is 0 Å². The Bertz CT molecular complexity index is 1730. The van der Waals surface area contributed by atoms with Crippen molar-refractivity contribution in [2.24, 2.45) is 0 Å². The van der Waals surface area contributed by atoms with Crippen LogP contribution in [0.15, 0.2) is 102 Å². The molecule has 0 aliphatic carbocycles. The molecule has 0 aliphatic rings. The number of hydrogen-bond donors (Lipinski definition) is 1. The summed E-state index contributed by atoms with van der Waals surface area (Å²) in [7, 11) is -4.23. The van der Waals surface area contributed by atoms with E-state index in [4.69, 9.17) is 34.8 Å². The van der Waals surface area contributed by atoms with E-state index in [9.17, 15) is 18.0 Å². The highest BCUT2D eigenvalue weighted by molar-refractivity contribution is 7.92. The smallest absolute Gasteiger partial charge is 0.264 e. The van der Waals surface area contributed by atoms with Crippen LogP contribution < -0.4 is 9.62 Å².